The predicted octanol–water partition coefficient (Wildman–Crippen LogP) is 3.61. The number of carbonyl (C=O) groups excluding carboxylic acids is 1. The van der Waals surface area contributed by atoms with Gasteiger partial charge >= 0.3 is 5.97 Å². The largest absolute Gasteiger partial charge is 0.460 e. The lowest BCUT2D eigenvalue weighted by molar-refractivity contribution is -0.136. The van der Waals surface area contributed by atoms with Crippen molar-refractivity contribution in [2.45, 2.75) is 27.2 Å². The molecule has 1 fully saturated rings. The Morgan fingerprint density at radius 1 is 1.35 bits per heavy atom. The van der Waals surface area contributed by atoms with E-state index in [2.05, 4.69) is 24.4 Å². The molecular formula is C17H24ClN3O2. The fourth-order valence-electron chi connectivity index (χ4n) is 2.94. The second-order valence-electron chi connectivity index (χ2n) is 6.10. The number of esters is 1. The molecular weight excluding hydrogens is 314 g/mol. The van der Waals surface area contributed by atoms with Crippen molar-refractivity contribution in [3.8, 4) is 0 Å². The number of para-hydroxylation sites is 1. The number of anilines is 1. The monoisotopic (exact) mass is 337 g/mol. The number of likely N-dealkylation sites (tertiary alicyclic amines) is 1. The molecule has 126 valence electrons. The van der Waals surface area contributed by atoms with E-state index in [1.165, 1.54) is 0 Å². The van der Waals surface area contributed by atoms with Crippen molar-refractivity contribution >= 4 is 29.1 Å². The maximum absolute atomic E-state index is 12.3. The van der Waals surface area contributed by atoms with Gasteiger partial charge in [-0.2, -0.15) is 0 Å². The number of piperidine rings is 1. The number of rotatable bonds is 3. The first-order valence-electron chi connectivity index (χ1n) is 8.01. The maximum atomic E-state index is 12.3. The number of hydrogen-bond donors (Lipinski definition) is 1. The summed E-state index contributed by atoms with van der Waals surface area (Å²) in [7, 11) is 0. The number of amidine groups is 1. The summed E-state index contributed by atoms with van der Waals surface area (Å²) in [6, 6.07) is 7.29. The average Bonchev–Trinajstić information content (AvgIpc) is 2.48. The zero-order chi connectivity index (χ0) is 16.8. The highest BCUT2D eigenvalue weighted by atomic mass is 35.5. The van der Waals surface area contributed by atoms with Crippen molar-refractivity contribution < 1.29 is 9.53 Å². The van der Waals surface area contributed by atoms with Crippen LogP contribution in [0.15, 0.2) is 29.4 Å². The van der Waals surface area contributed by atoms with Crippen molar-refractivity contribution in [3.05, 3.63) is 29.3 Å². The summed E-state index contributed by atoms with van der Waals surface area (Å²) in [5.41, 5.74) is 3.55. The smallest absolute Gasteiger partial charge is 0.375 e. The first-order chi connectivity index (χ1) is 11.0. The third-order valence-corrected chi connectivity index (χ3v) is 4.11. The fourth-order valence-corrected chi connectivity index (χ4v) is 3.12. The molecule has 0 aromatic heterocycles. The van der Waals surface area contributed by atoms with Crippen LogP contribution in [0.25, 0.3) is 0 Å². The highest BCUT2D eigenvalue weighted by molar-refractivity contribution is 6.35. The summed E-state index contributed by atoms with van der Waals surface area (Å²) in [5, 5.41) is 4.85. The molecule has 1 heterocycles. The van der Waals surface area contributed by atoms with Crippen LogP contribution in [0.3, 0.4) is 0 Å². The second kappa shape index (κ2) is 8.20. The molecule has 1 aliphatic heterocycles. The summed E-state index contributed by atoms with van der Waals surface area (Å²) in [6.45, 7) is 8.08. The molecule has 0 spiro atoms. The van der Waals surface area contributed by atoms with E-state index in [-0.39, 0.29) is 0 Å². The van der Waals surface area contributed by atoms with Gasteiger partial charge in [-0.15, -0.1) is 5.10 Å². The molecule has 23 heavy (non-hydrogen) atoms. The number of nitrogens with zero attached hydrogens (tertiary/aromatic N) is 2. The van der Waals surface area contributed by atoms with E-state index >= 15 is 0 Å². The minimum atomic E-state index is -0.409. The van der Waals surface area contributed by atoms with Gasteiger partial charge in [0, 0.05) is 13.1 Å². The van der Waals surface area contributed by atoms with E-state index in [1.54, 1.807) is 13.0 Å². The second-order valence-corrected chi connectivity index (χ2v) is 6.51. The summed E-state index contributed by atoms with van der Waals surface area (Å²) >= 11 is 6.12. The Morgan fingerprint density at radius 2 is 2.00 bits per heavy atom. The zero-order valence-corrected chi connectivity index (χ0v) is 14.6. The van der Waals surface area contributed by atoms with Crippen LogP contribution in [0.1, 0.15) is 27.2 Å². The van der Waals surface area contributed by atoms with Crippen LogP contribution in [-0.2, 0) is 9.53 Å². The number of hydrogen-bond acceptors (Lipinski definition) is 4. The highest BCUT2D eigenvalue weighted by Gasteiger charge is 2.28. The van der Waals surface area contributed by atoms with Gasteiger partial charge in [0.15, 0.2) is 0 Å². The van der Waals surface area contributed by atoms with E-state index in [0.29, 0.717) is 35.0 Å². The number of halogens is 1. The molecule has 0 aliphatic carbocycles. The van der Waals surface area contributed by atoms with Crippen LogP contribution in [0, 0.1) is 11.8 Å². The SMILES string of the molecule is CCOC(=O)/C(=N/Nc1ccccc1Cl)N1C[C@@H](C)C[C@H](C)C1. The standard InChI is InChI=1S/C17H24ClN3O2/c1-4-23-17(22)16(21-10-12(2)9-13(3)11-21)20-19-15-8-6-5-7-14(15)18/h5-8,12-13,19H,4,9-11H2,1-3H3/b20-16-/t12-,13-/m0/s1. The lowest BCUT2D eigenvalue weighted by Gasteiger charge is -2.36. The molecule has 0 bridgehead atoms. The van der Waals surface area contributed by atoms with E-state index in [1.807, 2.05) is 23.1 Å². The van der Waals surface area contributed by atoms with E-state index < -0.39 is 5.97 Å². The van der Waals surface area contributed by atoms with Crippen molar-refractivity contribution in [2.24, 2.45) is 16.9 Å². The topological polar surface area (TPSA) is 53.9 Å². The third-order valence-electron chi connectivity index (χ3n) is 3.78. The van der Waals surface area contributed by atoms with Gasteiger partial charge in [0.25, 0.3) is 0 Å². The highest BCUT2D eigenvalue weighted by Crippen LogP contribution is 2.23. The van der Waals surface area contributed by atoms with Gasteiger partial charge in [0.2, 0.25) is 5.84 Å². The van der Waals surface area contributed by atoms with Crippen LogP contribution < -0.4 is 5.43 Å². The maximum Gasteiger partial charge on any atom is 0.375 e. The molecule has 0 unspecified atom stereocenters. The molecule has 1 aromatic carbocycles. The Kier molecular flexibility index (Phi) is 6.28. The summed E-state index contributed by atoms with van der Waals surface area (Å²) in [6.07, 6.45) is 1.16. The third kappa shape index (κ3) is 4.86. The minimum absolute atomic E-state index is 0.310. The van der Waals surface area contributed by atoms with E-state index in [0.717, 1.165) is 19.5 Å². The number of nitrogens with one attached hydrogen (secondary N) is 1. The number of benzene rings is 1. The first-order valence-corrected chi connectivity index (χ1v) is 8.39. The molecule has 1 N–H and O–H groups in total. The van der Waals surface area contributed by atoms with E-state index in [4.69, 9.17) is 16.3 Å². The Hall–Kier alpha value is -1.75. The van der Waals surface area contributed by atoms with Gasteiger partial charge < -0.3 is 9.64 Å². The normalized spacial score (nSPS) is 21.9. The molecule has 2 atom stereocenters. The Morgan fingerprint density at radius 3 is 2.61 bits per heavy atom. The van der Waals surface area contributed by atoms with Crippen LogP contribution >= 0.6 is 11.6 Å². The molecule has 5 nitrogen and oxygen atoms in total. The van der Waals surface area contributed by atoms with Crippen molar-refractivity contribution in [3.63, 3.8) is 0 Å². The Balaban J connectivity index is 2.21. The molecule has 1 aliphatic rings. The summed E-state index contributed by atoms with van der Waals surface area (Å²) in [5.74, 6) is 0.927. The van der Waals surface area contributed by atoms with Gasteiger partial charge in [-0.3, -0.25) is 5.43 Å². The molecule has 0 saturated carbocycles. The van der Waals surface area contributed by atoms with Gasteiger partial charge in [-0.25, -0.2) is 4.79 Å². The van der Waals surface area contributed by atoms with Gasteiger partial charge in [0.05, 0.1) is 17.3 Å². The van der Waals surface area contributed by atoms with Crippen LogP contribution in [0.2, 0.25) is 5.02 Å². The van der Waals surface area contributed by atoms with Crippen LogP contribution in [0.4, 0.5) is 5.69 Å². The molecule has 6 heteroatoms. The molecule has 0 amide bonds. The first kappa shape index (κ1) is 17.6. The summed E-state index contributed by atoms with van der Waals surface area (Å²) < 4.78 is 5.16. The van der Waals surface area contributed by atoms with Crippen molar-refractivity contribution in [1.29, 1.82) is 0 Å². The lowest BCUT2D eigenvalue weighted by atomic mass is 9.92. The molecule has 2 rings (SSSR count). The summed E-state index contributed by atoms with van der Waals surface area (Å²) in [4.78, 5) is 14.3. The van der Waals surface area contributed by atoms with Crippen molar-refractivity contribution in [2.75, 3.05) is 25.1 Å². The zero-order valence-electron chi connectivity index (χ0n) is 13.9. The van der Waals surface area contributed by atoms with Gasteiger partial charge in [0.1, 0.15) is 0 Å². The average molecular weight is 338 g/mol. The minimum Gasteiger partial charge on any atom is -0.460 e. The van der Waals surface area contributed by atoms with Crippen LogP contribution in [0.5, 0.6) is 0 Å². The number of carbonyl (C=O) groups is 1. The predicted molar refractivity (Wildman–Crippen MR) is 93.7 cm³/mol. The van der Waals surface area contributed by atoms with Crippen LogP contribution in [-0.4, -0.2) is 36.4 Å². The Bertz CT molecular complexity index is 567. The lowest BCUT2D eigenvalue weighted by Crippen LogP contribution is -2.46. The molecule has 1 saturated heterocycles. The number of hydrazone groups is 1. The van der Waals surface area contributed by atoms with Crippen molar-refractivity contribution in [1.82, 2.24) is 4.90 Å². The fraction of sp³-hybridized carbons (Fsp3) is 0.529. The molecule has 0 radical (unpaired) electrons. The van der Waals surface area contributed by atoms with Gasteiger partial charge in [-0.1, -0.05) is 37.6 Å². The molecule has 1 aromatic rings. The number of ether oxygens (including phenoxy) is 1. The van der Waals surface area contributed by atoms with E-state index in [9.17, 15) is 4.79 Å². The van der Waals surface area contributed by atoms with Gasteiger partial charge in [-0.05, 0) is 37.3 Å². The Labute approximate surface area is 142 Å². The quantitative estimate of drug-likeness (QED) is 0.396.